The molecule has 0 aliphatic carbocycles. The fourth-order valence-corrected chi connectivity index (χ4v) is 1.18. The zero-order chi connectivity index (χ0) is 9.84. The molecule has 13 heavy (non-hydrogen) atoms. The summed E-state index contributed by atoms with van der Waals surface area (Å²) >= 11 is 0. The van der Waals surface area contributed by atoms with Crippen LogP contribution in [0.25, 0.3) is 0 Å². The molecule has 0 fully saturated rings. The molecule has 0 heterocycles. The molecule has 0 spiro atoms. The van der Waals surface area contributed by atoms with Crippen molar-refractivity contribution in [2.45, 2.75) is 13.3 Å². The van der Waals surface area contributed by atoms with E-state index in [9.17, 15) is 10.2 Å². The summed E-state index contributed by atoms with van der Waals surface area (Å²) in [4.78, 5) is 0. The fraction of sp³-hybridized carbons (Fsp3) is 0.400. The van der Waals surface area contributed by atoms with Crippen LogP contribution in [0, 0.1) is 5.92 Å². The minimum absolute atomic E-state index is 0.0409. The zero-order valence-corrected chi connectivity index (χ0v) is 7.57. The van der Waals surface area contributed by atoms with Crippen LogP contribution in [-0.2, 0) is 6.42 Å². The molecule has 3 N–H and O–H groups in total. The summed E-state index contributed by atoms with van der Waals surface area (Å²) in [5.41, 5.74) is 0.504. The summed E-state index contributed by atoms with van der Waals surface area (Å²) in [5.74, 6) is 0.208. The maximum absolute atomic E-state index is 9.39. The van der Waals surface area contributed by atoms with Gasteiger partial charge in [0, 0.05) is 12.2 Å². The van der Waals surface area contributed by atoms with Crippen LogP contribution in [0.1, 0.15) is 12.5 Å². The molecule has 0 aliphatic heterocycles. The minimum atomic E-state index is 0.0409. The zero-order valence-electron chi connectivity index (χ0n) is 7.57. The van der Waals surface area contributed by atoms with Crippen LogP contribution in [0.15, 0.2) is 18.2 Å². The van der Waals surface area contributed by atoms with Crippen molar-refractivity contribution in [1.82, 2.24) is 0 Å². The van der Waals surface area contributed by atoms with Gasteiger partial charge in [0.15, 0.2) is 0 Å². The number of rotatable bonds is 3. The first-order valence-corrected chi connectivity index (χ1v) is 4.25. The Kier molecular flexibility index (Phi) is 3.14. The number of phenolic OH excluding ortho intramolecular Hbond substituents is 2. The Bertz CT molecular complexity index is 263. The van der Waals surface area contributed by atoms with E-state index < -0.39 is 0 Å². The molecule has 1 rings (SSSR count). The number of aliphatic hydroxyl groups excluding tert-OH is 1. The molecular weight excluding hydrogens is 168 g/mol. The van der Waals surface area contributed by atoms with Crippen LogP contribution >= 0.6 is 0 Å². The second-order valence-electron chi connectivity index (χ2n) is 3.27. The Morgan fingerprint density at radius 2 is 1.77 bits per heavy atom. The van der Waals surface area contributed by atoms with Gasteiger partial charge in [0.25, 0.3) is 0 Å². The molecule has 0 aliphatic rings. The van der Waals surface area contributed by atoms with Crippen molar-refractivity contribution >= 4 is 0 Å². The lowest BCUT2D eigenvalue weighted by Crippen LogP contribution is -2.04. The van der Waals surface area contributed by atoms with Crippen molar-refractivity contribution in [3.8, 4) is 11.5 Å². The number of phenols is 2. The van der Waals surface area contributed by atoms with Crippen molar-refractivity contribution in [2.75, 3.05) is 6.61 Å². The second-order valence-corrected chi connectivity index (χ2v) is 3.27. The minimum Gasteiger partial charge on any atom is -0.508 e. The normalized spacial score (nSPS) is 12.8. The number of hydrogen-bond acceptors (Lipinski definition) is 3. The predicted octanol–water partition coefficient (Wildman–Crippen LogP) is 1.27. The van der Waals surface area contributed by atoms with Crippen LogP contribution in [0.4, 0.5) is 0 Å². The molecule has 1 aromatic carbocycles. The first-order chi connectivity index (χ1) is 6.15. The van der Waals surface area contributed by atoms with E-state index in [1.165, 1.54) is 12.1 Å². The molecule has 1 aromatic rings. The third kappa shape index (κ3) is 2.36. The molecule has 1 atom stereocenters. The highest BCUT2D eigenvalue weighted by Gasteiger charge is 2.10. The predicted molar refractivity (Wildman–Crippen MR) is 49.7 cm³/mol. The Morgan fingerprint density at radius 3 is 2.23 bits per heavy atom. The van der Waals surface area contributed by atoms with Crippen molar-refractivity contribution in [1.29, 1.82) is 0 Å². The molecule has 0 saturated heterocycles. The molecule has 0 amide bonds. The van der Waals surface area contributed by atoms with Gasteiger partial charge in [0.05, 0.1) is 0 Å². The van der Waals surface area contributed by atoms with Crippen molar-refractivity contribution in [2.24, 2.45) is 5.92 Å². The SMILES string of the molecule is CC(CO)Cc1c(O)cccc1O. The monoisotopic (exact) mass is 182 g/mol. The highest BCUT2D eigenvalue weighted by molar-refractivity contribution is 5.43. The summed E-state index contributed by atoms with van der Waals surface area (Å²) in [5, 5.41) is 27.6. The Hall–Kier alpha value is -1.22. The van der Waals surface area contributed by atoms with Crippen LogP contribution in [0.2, 0.25) is 0 Å². The molecule has 0 radical (unpaired) electrons. The van der Waals surface area contributed by atoms with Gasteiger partial charge in [-0.1, -0.05) is 13.0 Å². The highest BCUT2D eigenvalue weighted by Crippen LogP contribution is 2.28. The lowest BCUT2D eigenvalue weighted by Gasteiger charge is -2.10. The van der Waals surface area contributed by atoms with E-state index in [2.05, 4.69) is 0 Å². The van der Waals surface area contributed by atoms with E-state index in [0.29, 0.717) is 12.0 Å². The number of benzene rings is 1. The standard InChI is InChI=1S/C10H14O3/c1-7(6-11)5-8-9(12)3-2-4-10(8)13/h2-4,7,11-13H,5-6H2,1H3. The molecule has 0 aromatic heterocycles. The van der Waals surface area contributed by atoms with Gasteiger partial charge in [-0.15, -0.1) is 0 Å². The lowest BCUT2D eigenvalue weighted by molar-refractivity contribution is 0.235. The summed E-state index contributed by atoms with van der Waals surface area (Å²) in [6.45, 7) is 1.90. The lowest BCUT2D eigenvalue weighted by atomic mass is 10.0. The quantitative estimate of drug-likeness (QED) is 0.659. The van der Waals surface area contributed by atoms with Crippen LogP contribution < -0.4 is 0 Å². The number of hydrogen-bond donors (Lipinski definition) is 3. The Morgan fingerprint density at radius 1 is 1.23 bits per heavy atom. The van der Waals surface area contributed by atoms with E-state index in [4.69, 9.17) is 5.11 Å². The second kappa shape index (κ2) is 4.14. The summed E-state index contributed by atoms with van der Waals surface area (Å²) in [6, 6.07) is 4.63. The van der Waals surface area contributed by atoms with E-state index in [0.717, 1.165) is 0 Å². The average Bonchev–Trinajstić information content (AvgIpc) is 2.11. The first-order valence-electron chi connectivity index (χ1n) is 4.25. The molecule has 0 bridgehead atoms. The van der Waals surface area contributed by atoms with Gasteiger partial charge >= 0.3 is 0 Å². The van der Waals surface area contributed by atoms with Crippen molar-refractivity contribution in [3.63, 3.8) is 0 Å². The van der Waals surface area contributed by atoms with Gasteiger partial charge in [-0.2, -0.15) is 0 Å². The van der Waals surface area contributed by atoms with Crippen molar-refractivity contribution in [3.05, 3.63) is 23.8 Å². The maximum atomic E-state index is 9.39. The Balaban J connectivity index is 2.87. The Labute approximate surface area is 77.3 Å². The van der Waals surface area contributed by atoms with Gasteiger partial charge in [-0.25, -0.2) is 0 Å². The highest BCUT2D eigenvalue weighted by atomic mass is 16.3. The van der Waals surface area contributed by atoms with Crippen LogP contribution in [-0.4, -0.2) is 21.9 Å². The smallest absolute Gasteiger partial charge is 0.122 e. The van der Waals surface area contributed by atoms with Crippen LogP contribution in [0.5, 0.6) is 11.5 Å². The van der Waals surface area contributed by atoms with Gasteiger partial charge in [0.1, 0.15) is 11.5 Å². The summed E-state index contributed by atoms with van der Waals surface area (Å²) < 4.78 is 0. The third-order valence-electron chi connectivity index (χ3n) is 1.99. The molecule has 1 unspecified atom stereocenters. The third-order valence-corrected chi connectivity index (χ3v) is 1.99. The number of aliphatic hydroxyl groups is 1. The molecule has 0 saturated carbocycles. The molecule has 72 valence electrons. The molecule has 3 heteroatoms. The van der Waals surface area contributed by atoms with E-state index >= 15 is 0 Å². The van der Waals surface area contributed by atoms with Crippen molar-refractivity contribution < 1.29 is 15.3 Å². The topological polar surface area (TPSA) is 60.7 Å². The fourth-order valence-electron chi connectivity index (χ4n) is 1.18. The summed E-state index contributed by atoms with van der Waals surface area (Å²) in [6.07, 6.45) is 0.481. The first kappa shape index (κ1) is 9.86. The average molecular weight is 182 g/mol. The van der Waals surface area contributed by atoms with Crippen LogP contribution in [0.3, 0.4) is 0 Å². The van der Waals surface area contributed by atoms with E-state index in [1.807, 2.05) is 6.92 Å². The van der Waals surface area contributed by atoms with Gasteiger partial charge in [0.2, 0.25) is 0 Å². The maximum Gasteiger partial charge on any atom is 0.122 e. The van der Waals surface area contributed by atoms with Gasteiger partial charge in [-0.05, 0) is 24.5 Å². The van der Waals surface area contributed by atoms with Gasteiger partial charge in [-0.3, -0.25) is 0 Å². The molecule has 3 nitrogen and oxygen atoms in total. The van der Waals surface area contributed by atoms with E-state index in [-0.39, 0.29) is 24.0 Å². The number of aromatic hydroxyl groups is 2. The van der Waals surface area contributed by atoms with E-state index in [1.54, 1.807) is 6.07 Å². The summed E-state index contributed by atoms with van der Waals surface area (Å²) in [7, 11) is 0. The van der Waals surface area contributed by atoms with Gasteiger partial charge < -0.3 is 15.3 Å². The largest absolute Gasteiger partial charge is 0.508 e. The molecular formula is C10H14O3.